The fraction of sp³-hybridized carbons (Fsp3) is 0.340. The number of allylic oxidation sites excluding steroid dienone is 2. The molecule has 0 fully saturated rings. The van der Waals surface area contributed by atoms with Gasteiger partial charge in [0.05, 0.1) is 5.76 Å². The third-order valence-corrected chi connectivity index (χ3v) is 12.0. The van der Waals surface area contributed by atoms with Gasteiger partial charge in [0, 0.05) is 70.9 Å². The van der Waals surface area contributed by atoms with Gasteiger partial charge in [-0.2, -0.15) is 0 Å². The molecule has 311 valence electrons. The van der Waals surface area contributed by atoms with Gasteiger partial charge in [0.1, 0.15) is 0 Å². The summed E-state index contributed by atoms with van der Waals surface area (Å²) in [5.41, 5.74) is 6.98. The van der Waals surface area contributed by atoms with E-state index in [4.69, 9.17) is 4.98 Å². The summed E-state index contributed by atoms with van der Waals surface area (Å²) in [4.78, 5) is 20.8. The van der Waals surface area contributed by atoms with Crippen molar-refractivity contribution in [3.05, 3.63) is 145 Å². The maximum absolute atomic E-state index is 11.7. The number of aliphatic hydroxyl groups is 1. The molecule has 1 radical (unpaired) electrons. The Morgan fingerprint density at radius 3 is 2.03 bits per heavy atom. The standard InChI is InChI=1S/C29H28NS.C13H24O2.C11H8N.Ir/c1-18(2)15-20-10-8-12-23-24-13-14-30-26(28(24)31-27(20)23)21-16-19-9-6-7-11-22(19)25(17-21)29(3,4)5;1-5-10(6-2)12(14)9-13(15)11(7-3)8-4;1-2-6-10(7-3-1)11-8-4-5-9-12-11;/h6-14,17-18H,15H2,1-5H3;9-11,14H,5-8H2,1-4H3;1-6,8-9H;/q-1;;-1;/b;12-9-;;. The van der Waals surface area contributed by atoms with Gasteiger partial charge in [-0.05, 0) is 72.2 Å². The van der Waals surface area contributed by atoms with Gasteiger partial charge in [-0.25, -0.2) is 0 Å². The number of carbonyl (C=O) groups excluding carboxylic acids is 1. The molecule has 4 nitrogen and oxygen atoms in total. The molecule has 3 heterocycles. The summed E-state index contributed by atoms with van der Waals surface area (Å²) in [5.74, 6) is 1.18. The molecule has 0 amide bonds. The Morgan fingerprint density at radius 1 is 0.746 bits per heavy atom. The average molecular weight is 981 g/mol. The minimum absolute atomic E-state index is 0. The molecule has 0 atom stereocenters. The summed E-state index contributed by atoms with van der Waals surface area (Å²) in [5, 5.41) is 14.8. The number of rotatable bonds is 11. The molecule has 0 aliphatic rings. The number of carbonyl (C=O) groups is 1. The minimum atomic E-state index is 0. The van der Waals surface area contributed by atoms with Crippen LogP contribution in [-0.2, 0) is 36.7 Å². The van der Waals surface area contributed by atoms with Crippen LogP contribution in [0, 0.1) is 29.9 Å². The molecule has 1 N–H and O–H groups in total. The molecular formula is C53H60IrN2O2S-2. The van der Waals surface area contributed by atoms with Crippen molar-refractivity contribution in [2.45, 2.75) is 99.8 Å². The van der Waals surface area contributed by atoms with Crippen LogP contribution in [0.15, 0.2) is 121 Å². The third-order valence-electron chi connectivity index (χ3n) is 10.7. The monoisotopic (exact) mass is 981 g/mol. The number of hydrogen-bond acceptors (Lipinski definition) is 5. The summed E-state index contributed by atoms with van der Waals surface area (Å²) in [6.45, 7) is 19.5. The molecule has 7 aromatic rings. The summed E-state index contributed by atoms with van der Waals surface area (Å²) >= 11 is 1.89. The van der Waals surface area contributed by atoms with E-state index >= 15 is 0 Å². The zero-order chi connectivity index (χ0) is 41.8. The Morgan fingerprint density at radius 2 is 1.41 bits per heavy atom. The van der Waals surface area contributed by atoms with E-state index in [2.05, 4.69) is 106 Å². The molecule has 0 saturated heterocycles. The van der Waals surface area contributed by atoms with Crippen molar-refractivity contribution in [3.8, 4) is 22.5 Å². The van der Waals surface area contributed by atoms with Crippen molar-refractivity contribution in [3.63, 3.8) is 0 Å². The number of pyridine rings is 2. The first kappa shape index (κ1) is 47.2. The number of fused-ring (bicyclic) bond motifs is 4. The van der Waals surface area contributed by atoms with E-state index in [1.54, 1.807) is 6.20 Å². The van der Waals surface area contributed by atoms with E-state index < -0.39 is 0 Å². The van der Waals surface area contributed by atoms with Gasteiger partial charge < -0.3 is 10.1 Å². The second-order valence-corrected chi connectivity index (χ2v) is 17.4. The van der Waals surface area contributed by atoms with Crippen LogP contribution >= 0.6 is 11.3 Å². The third kappa shape index (κ3) is 12.1. The molecule has 3 aromatic heterocycles. The number of ketones is 1. The topological polar surface area (TPSA) is 63.1 Å². The number of thiophene rings is 1. The molecule has 0 aliphatic carbocycles. The second kappa shape index (κ2) is 22.2. The maximum atomic E-state index is 11.7. The van der Waals surface area contributed by atoms with E-state index in [1.807, 2.05) is 87.7 Å². The number of benzene rings is 4. The Bertz CT molecular complexity index is 2380. The van der Waals surface area contributed by atoms with Crippen LogP contribution in [0.25, 0.3) is 53.5 Å². The molecule has 6 heteroatoms. The van der Waals surface area contributed by atoms with E-state index in [-0.39, 0.29) is 48.9 Å². The van der Waals surface area contributed by atoms with Crippen molar-refractivity contribution in [1.82, 2.24) is 9.97 Å². The minimum Gasteiger partial charge on any atom is -0.512 e. The van der Waals surface area contributed by atoms with Crippen LogP contribution in [0.1, 0.15) is 99.1 Å². The van der Waals surface area contributed by atoms with Crippen LogP contribution < -0.4 is 0 Å². The van der Waals surface area contributed by atoms with E-state index in [9.17, 15) is 9.90 Å². The second-order valence-electron chi connectivity index (χ2n) is 16.4. The number of nitrogens with zero attached hydrogens (tertiary/aromatic N) is 2. The molecule has 0 saturated carbocycles. The number of aliphatic hydroxyl groups excluding tert-OH is 1. The molecule has 0 bridgehead atoms. The molecule has 0 aliphatic heterocycles. The molecule has 0 spiro atoms. The quantitative estimate of drug-likeness (QED) is 0.0797. The van der Waals surface area contributed by atoms with Crippen LogP contribution in [0.4, 0.5) is 0 Å². The van der Waals surface area contributed by atoms with Crippen molar-refractivity contribution in [2.24, 2.45) is 17.8 Å². The van der Waals surface area contributed by atoms with Crippen molar-refractivity contribution in [2.75, 3.05) is 0 Å². The molecule has 7 rings (SSSR count). The summed E-state index contributed by atoms with van der Waals surface area (Å²) in [6.07, 6.45) is 9.75. The largest absolute Gasteiger partial charge is 0.512 e. The Labute approximate surface area is 370 Å². The van der Waals surface area contributed by atoms with E-state index in [0.717, 1.165) is 60.0 Å². The predicted molar refractivity (Wildman–Crippen MR) is 249 cm³/mol. The van der Waals surface area contributed by atoms with Crippen molar-refractivity contribution >= 4 is 48.1 Å². The van der Waals surface area contributed by atoms with Gasteiger partial charge in [0.15, 0.2) is 5.78 Å². The van der Waals surface area contributed by atoms with Gasteiger partial charge in [0.25, 0.3) is 0 Å². The van der Waals surface area contributed by atoms with Crippen LogP contribution in [0.2, 0.25) is 0 Å². The Balaban J connectivity index is 0.000000229. The number of hydrogen-bond donors (Lipinski definition) is 1. The van der Waals surface area contributed by atoms with Gasteiger partial charge in [-0.15, -0.1) is 76.4 Å². The molecular weight excluding hydrogens is 921 g/mol. The van der Waals surface area contributed by atoms with Crippen LogP contribution in [0.3, 0.4) is 0 Å². The fourth-order valence-electron chi connectivity index (χ4n) is 7.41. The zero-order valence-electron chi connectivity index (χ0n) is 36.2. The summed E-state index contributed by atoms with van der Waals surface area (Å²) in [6, 6.07) is 40.3. The van der Waals surface area contributed by atoms with Crippen molar-refractivity contribution in [1.29, 1.82) is 0 Å². The first-order valence-corrected chi connectivity index (χ1v) is 21.8. The van der Waals surface area contributed by atoms with E-state index in [0.29, 0.717) is 5.92 Å². The fourth-order valence-corrected chi connectivity index (χ4v) is 8.73. The Kier molecular flexibility index (Phi) is 17.8. The summed E-state index contributed by atoms with van der Waals surface area (Å²) in [7, 11) is 0. The predicted octanol–water partition coefficient (Wildman–Crippen LogP) is 15.0. The van der Waals surface area contributed by atoms with Gasteiger partial charge in [-0.3, -0.25) is 9.78 Å². The molecule has 0 unspecified atom stereocenters. The maximum Gasteiger partial charge on any atom is 0.162 e. The first-order chi connectivity index (χ1) is 27.9. The molecule has 4 aromatic carbocycles. The van der Waals surface area contributed by atoms with Crippen LogP contribution in [-0.4, -0.2) is 20.9 Å². The van der Waals surface area contributed by atoms with Gasteiger partial charge in [-0.1, -0.05) is 122 Å². The van der Waals surface area contributed by atoms with Crippen LogP contribution in [0.5, 0.6) is 0 Å². The van der Waals surface area contributed by atoms with Gasteiger partial charge >= 0.3 is 0 Å². The Hall–Kier alpha value is -4.48. The van der Waals surface area contributed by atoms with E-state index in [1.165, 1.54) is 42.8 Å². The first-order valence-electron chi connectivity index (χ1n) is 21.0. The normalized spacial score (nSPS) is 11.7. The SMILES string of the molecule is CC(C)Cc1cccc2c1sc1c(-c3[c-]c4ccccc4c(C(C)(C)C)c3)nccc12.CCC(CC)C(=O)/C=C(\O)C(CC)CC.[Ir].[c-]1ccccc1-c1ccccn1. The zero-order valence-corrected chi connectivity index (χ0v) is 39.4. The number of aromatic nitrogens is 2. The van der Waals surface area contributed by atoms with Gasteiger partial charge in [0.2, 0.25) is 0 Å². The average Bonchev–Trinajstić information content (AvgIpc) is 3.62. The summed E-state index contributed by atoms with van der Waals surface area (Å²) < 4.78 is 2.66. The van der Waals surface area contributed by atoms with Crippen molar-refractivity contribution < 1.29 is 30.0 Å². The smallest absolute Gasteiger partial charge is 0.162 e. The molecule has 59 heavy (non-hydrogen) atoms.